The Morgan fingerprint density at radius 1 is 1.07 bits per heavy atom. The van der Waals surface area contributed by atoms with Crippen LogP contribution in [0.4, 0.5) is 24.7 Å². The molecule has 1 fully saturated rings. The highest BCUT2D eigenvalue weighted by Crippen LogP contribution is 2.33. The van der Waals surface area contributed by atoms with E-state index < -0.39 is 21.8 Å². The molecule has 0 bridgehead atoms. The number of alkyl halides is 3. The molecule has 156 valence electrons. The van der Waals surface area contributed by atoms with Crippen molar-refractivity contribution in [3.63, 3.8) is 0 Å². The highest BCUT2D eigenvalue weighted by molar-refractivity contribution is 7.89. The number of fused-ring (bicyclic) bond motifs is 1. The van der Waals surface area contributed by atoms with Crippen molar-refractivity contribution in [3.05, 3.63) is 46.6 Å². The van der Waals surface area contributed by atoms with Gasteiger partial charge in [-0.25, -0.2) is 13.4 Å². The van der Waals surface area contributed by atoms with Crippen molar-refractivity contribution < 1.29 is 21.6 Å². The molecule has 0 amide bonds. The van der Waals surface area contributed by atoms with Crippen LogP contribution in [-0.2, 0) is 22.6 Å². The van der Waals surface area contributed by atoms with Crippen LogP contribution in [0.25, 0.3) is 0 Å². The fraction of sp³-hybridized carbons (Fsp3) is 0.389. The highest BCUT2D eigenvalue weighted by atomic mass is 35.5. The zero-order valence-electron chi connectivity index (χ0n) is 15.2. The molecule has 0 saturated carbocycles. The maximum Gasteiger partial charge on any atom is 0.416 e. The summed E-state index contributed by atoms with van der Waals surface area (Å²) in [4.78, 5) is 5.81. The van der Waals surface area contributed by atoms with Crippen LogP contribution in [0, 0.1) is 0 Å². The first kappa shape index (κ1) is 20.2. The van der Waals surface area contributed by atoms with E-state index in [4.69, 9.17) is 11.6 Å². The molecule has 1 aromatic heterocycles. The topological polar surface area (TPSA) is 65.5 Å². The molecule has 11 heteroatoms. The first-order valence-corrected chi connectivity index (χ1v) is 10.8. The number of rotatable bonds is 3. The summed E-state index contributed by atoms with van der Waals surface area (Å²) in [5, 5.41) is 2.94. The number of aromatic nitrogens is 1. The largest absolute Gasteiger partial charge is 0.416 e. The van der Waals surface area contributed by atoms with Crippen molar-refractivity contribution in [1.29, 1.82) is 0 Å². The summed E-state index contributed by atoms with van der Waals surface area (Å²) in [6, 6.07) is 6.73. The van der Waals surface area contributed by atoms with E-state index in [0.29, 0.717) is 0 Å². The lowest BCUT2D eigenvalue weighted by Crippen LogP contribution is -2.49. The van der Waals surface area contributed by atoms with Gasteiger partial charge >= 0.3 is 6.18 Å². The number of nitrogens with one attached hydrogen (secondary N) is 1. The molecule has 3 heterocycles. The van der Waals surface area contributed by atoms with Gasteiger partial charge in [0, 0.05) is 38.4 Å². The summed E-state index contributed by atoms with van der Waals surface area (Å²) in [5.41, 5.74) is 1.03. The maximum absolute atomic E-state index is 13.0. The van der Waals surface area contributed by atoms with E-state index in [9.17, 15) is 21.6 Å². The number of sulfonamides is 1. The number of anilines is 2. The van der Waals surface area contributed by atoms with Crippen LogP contribution in [-0.4, -0.2) is 50.4 Å². The lowest BCUT2D eigenvalue weighted by molar-refractivity contribution is -0.137. The molecule has 2 aromatic rings. The van der Waals surface area contributed by atoms with Gasteiger partial charge in [-0.05, 0) is 42.3 Å². The van der Waals surface area contributed by atoms with Crippen LogP contribution >= 0.6 is 11.6 Å². The van der Waals surface area contributed by atoms with Gasteiger partial charge in [-0.3, -0.25) is 0 Å². The van der Waals surface area contributed by atoms with Gasteiger partial charge in [-0.15, -0.1) is 0 Å². The molecule has 6 nitrogen and oxygen atoms in total. The van der Waals surface area contributed by atoms with E-state index in [-0.39, 0.29) is 42.0 Å². The molecule has 0 unspecified atom stereocenters. The Kier molecular flexibility index (Phi) is 5.12. The molecule has 0 spiro atoms. The Morgan fingerprint density at radius 3 is 2.48 bits per heavy atom. The Balaban J connectivity index is 1.50. The van der Waals surface area contributed by atoms with Gasteiger partial charge in [0.15, 0.2) is 0 Å². The normalized spacial score (nSPS) is 17.9. The number of hydrogen-bond donors (Lipinski definition) is 1. The van der Waals surface area contributed by atoms with E-state index in [0.717, 1.165) is 36.3 Å². The van der Waals surface area contributed by atoms with E-state index >= 15 is 0 Å². The minimum atomic E-state index is -4.53. The number of pyridine rings is 1. The van der Waals surface area contributed by atoms with Crippen LogP contribution < -0.4 is 10.2 Å². The van der Waals surface area contributed by atoms with Crippen molar-refractivity contribution in [3.8, 4) is 0 Å². The SMILES string of the molecule is O=S(=O)(c1ccc2c(c1)CCN2)N1CCN(c2cc(C(F)(F)F)cc(Cl)n2)CC1. The van der Waals surface area contributed by atoms with Gasteiger partial charge in [-0.1, -0.05) is 11.6 Å². The second-order valence-electron chi connectivity index (χ2n) is 6.92. The van der Waals surface area contributed by atoms with Crippen molar-refractivity contribution >= 4 is 33.1 Å². The summed E-state index contributed by atoms with van der Waals surface area (Å²) in [5.74, 6) is 0.0884. The Morgan fingerprint density at radius 2 is 1.79 bits per heavy atom. The summed E-state index contributed by atoms with van der Waals surface area (Å²) < 4.78 is 66.3. The van der Waals surface area contributed by atoms with Crippen LogP contribution in [0.5, 0.6) is 0 Å². The molecule has 0 atom stereocenters. The molecule has 2 aliphatic heterocycles. The third-order valence-corrected chi connectivity index (χ3v) is 7.18. The monoisotopic (exact) mass is 446 g/mol. The van der Waals surface area contributed by atoms with Crippen LogP contribution in [0.15, 0.2) is 35.2 Å². The van der Waals surface area contributed by atoms with Crippen LogP contribution in [0.1, 0.15) is 11.1 Å². The zero-order valence-corrected chi connectivity index (χ0v) is 16.8. The second-order valence-corrected chi connectivity index (χ2v) is 9.25. The summed E-state index contributed by atoms with van der Waals surface area (Å²) in [6.07, 6.45) is -3.76. The van der Waals surface area contributed by atoms with E-state index in [2.05, 4.69) is 10.3 Å². The molecule has 1 aromatic carbocycles. The number of benzene rings is 1. The zero-order chi connectivity index (χ0) is 20.8. The number of halogens is 4. The number of nitrogens with zero attached hydrogens (tertiary/aromatic N) is 3. The Labute approximate surface area is 171 Å². The first-order valence-electron chi connectivity index (χ1n) is 9.01. The summed E-state index contributed by atoms with van der Waals surface area (Å²) >= 11 is 5.75. The Hall–Kier alpha value is -2.04. The quantitative estimate of drug-likeness (QED) is 0.733. The van der Waals surface area contributed by atoms with Crippen LogP contribution in [0.3, 0.4) is 0 Å². The summed E-state index contributed by atoms with van der Waals surface area (Å²) in [7, 11) is -3.68. The fourth-order valence-electron chi connectivity index (χ4n) is 3.56. The Bertz CT molecular complexity index is 1040. The second kappa shape index (κ2) is 7.33. The molecule has 29 heavy (non-hydrogen) atoms. The van der Waals surface area contributed by atoms with Gasteiger partial charge in [0.25, 0.3) is 0 Å². The molecular weight excluding hydrogens is 429 g/mol. The third-order valence-electron chi connectivity index (χ3n) is 5.09. The smallest absolute Gasteiger partial charge is 0.384 e. The molecule has 4 rings (SSSR count). The van der Waals surface area contributed by atoms with Crippen molar-refractivity contribution in [1.82, 2.24) is 9.29 Å². The molecule has 1 N–H and O–H groups in total. The molecule has 0 aliphatic carbocycles. The molecule has 2 aliphatic rings. The average molecular weight is 447 g/mol. The number of piperazine rings is 1. The van der Waals surface area contributed by atoms with Crippen LogP contribution in [0.2, 0.25) is 5.15 Å². The molecule has 1 saturated heterocycles. The van der Waals surface area contributed by atoms with Gasteiger partial charge < -0.3 is 10.2 Å². The van der Waals surface area contributed by atoms with E-state index in [1.807, 2.05) is 0 Å². The van der Waals surface area contributed by atoms with Crippen molar-refractivity contribution in [2.45, 2.75) is 17.5 Å². The minimum Gasteiger partial charge on any atom is -0.384 e. The molecular formula is C18H18ClF3N4O2S. The molecule has 0 radical (unpaired) electrons. The van der Waals surface area contributed by atoms with Crippen molar-refractivity contribution in [2.24, 2.45) is 0 Å². The predicted molar refractivity (Wildman–Crippen MR) is 104 cm³/mol. The van der Waals surface area contributed by atoms with Gasteiger partial charge in [0.1, 0.15) is 11.0 Å². The standard InChI is InChI=1S/C18H18ClF3N4O2S/c19-16-10-13(18(20,21)22)11-17(24-16)25-5-7-26(8-6-25)29(27,28)14-1-2-15-12(9-14)3-4-23-15/h1-2,9-11,23H,3-8H2. The minimum absolute atomic E-state index is 0.0884. The number of hydrogen-bond acceptors (Lipinski definition) is 5. The lowest BCUT2D eigenvalue weighted by atomic mass is 10.2. The maximum atomic E-state index is 13.0. The lowest BCUT2D eigenvalue weighted by Gasteiger charge is -2.35. The van der Waals surface area contributed by atoms with E-state index in [1.165, 1.54) is 4.31 Å². The van der Waals surface area contributed by atoms with Gasteiger partial charge in [0.2, 0.25) is 10.0 Å². The third kappa shape index (κ3) is 4.01. The van der Waals surface area contributed by atoms with Gasteiger partial charge in [0.05, 0.1) is 10.5 Å². The fourth-order valence-corrected chi connectivity index (χ4v) is 5.23. The first-order chi connectivity index (χ1) is 13.6. The predicted octanol–water partition coefficient (Wildman–Crippen LogP) is 3.23. The van der Waals surface area contributed by atoms with Gasteiger partial charge in [-0.2, -0.15) is 17.5 Å². The average Bonchev–Trinajstić information content (AvgIpc) is 3.15. The van der Waals surface area contributed by atoms with Crippen molar-refractivity contribution in [2.75, 3.05) is 42.9 Å². The highest BCUT2D eigenvalue weighted by Gasteiger charge is 2.34. The summed E-state index contributed by atoms with van der Waals surface area (Å²) in [6.45, 7) is 1.51. The van der Waals surface area contributed by atoms with E-state index in [1.54, 1.807) is 23.1 Å².